The van der Waals surface area contributed by atoms with Crippen molar-refractivity contribution < 1.29 is 19.2 Å². The van der Waals surface area contributed by atoms with Crippen LogP contribution >= 0.6 is 0 Å². The zero-order valence-electron chi connectivity index (χ0n) is 26.0. The average molecular weight is 610 g/mol. The van der Waals surface area contributed by atoms with Crippen LogP contribution in [0.4, 0.5) is 0 Å². The molecule has 5 rings (SSSR count). The number of nitrogens with one attached hydrogen (secondary N) is 3. The summed E-state index contributed by atoms with van der Waals surface area (Å²) in [6.07, 6.45) is 2.77. The van der Waals surface area contributed by atoms with Gasteiger partial charge in [-0.2, -0.15) is 0 Å². The molecule has 9 heteroatoms. The molecule has 4 atom stereocenters. The Kier molecular flexibility index (Phi) is 10.6. The highest BCUT2D eigenvalue weighted by atomic mass is 16.2. The van der Waals surface area contributed by atoms with Gasteiger partial charge in [-0.05, 0) is 56.3 Å². The van der Waals surface area contributed by atoms with Gasteiger partial charge in [-0.15, -0.1) is 0 Å². The van der Waals surface area contributed by atoms with Crippen molar-refractivity contribution >= 4 is 23.6 Å². The fraction of sp³-hybridized carbons (Fsp3) is 0.389. The summed E-state index contributed by atoms with van der Waals surface area (Å²) >= 11 is 0. The van der Waals surface area contributed by atoms with Crippen molar-refractivity contribution in [2.24, 2.45) is 0 Å². The van der Waals surface area contributed by atoms with E-state index in [1.165, 1.54) is 0 Å². The van der Waals surface area contributed by atoms with E-state index in [0.29, 0.717) is 32.2 Å². The Morgan fingerprint density at radius 2 is 1.44 bits per heavy atom. The fourth-order valence-corrected chi connectivity index (χ4v) is 6.38. The average Bonchev–Trinajstić information content (AvgIpc) is 3.52. The quantitative estimate of drug-likeness (QED) is 0.345. The number of carbonyl (C=O) groups excluding carboxylic acids is 4. The summed E-state index contributed by atoms with van der Waals surface area (Å²) in [5.41, 5.74) is 2.78. The predicted octanol–water partition coefficient (Wildman–Crippen LogP) is 3.21. The number of hydrogen-bond donors (Lipinski definition) is 3. The highest BCUT2D eigenvalue weighted by Gasteiger charge is 2.45. The van der Waals surface area contributed by atoms with E-state index in [1.807, 2.05) is 91.0 Å². The van der Waals surface area contributed by atoms with Crippen LogP contribution < -0.4 is 16.0 Å². The fourth-order valence-electron chi connectivity index (χ4n) is 6.38. The van der Waals surface area contributed by atoms with Crippen molar-refractivity contribution in [2.75, 3.05) is 20.1 Å². The molecule has 4 unspecified atom stereocenters. The highest BCUT2D eigenvalue weighted by molar-refractivity contribution is 5.94. The summed E-state index contributed by atoms with van der Waals surface area (Å²) in [5, 5.41) is 9.07. The van der Waals surface area contributed by atoms with Gasteiger partial charge in [-0.1, -0.05) is 91.0 Å². The first-order valence-corrected chi connectivity index (χ1v) is 15.9. The Balaban J connectivity index is 1.40. The van der Waals surface area contributed by atoms with Crippen molar-refractivity contribution in [3.8, 4) is 0 Å². The Labute approximate surface area is 265 Å². The predicted molar refractivity (Wildman–Crippen MR) is 173 cm³/mol. The SMILES string of the molecule is CNC(C)C(=O)NC1CN(C(=O)Cc2ccccc2)CCCC2CCC(C(=O)NC(c3ccccc3)c3ccccc3)N2C1=O. The van der Waals surface area contributed by atoms with Gasteiger partial charge in [-0.25, -0.2) is 0 Å². The Bertz CT molecular complexity index is 1410. The smallest absolute Gasteiger partial charge is 0.247 e. The second kappa shape index (κ2) is 15.0. The lowest BCUT2D eigenvalue weighted by Gasteiger charge is -2.34. The Morgan fingerprint density at radius 3 is 2.04 bits per heavy atom. The van der Waals surface area contributed by atoms with E-state index in [0.717, 1.165) is 16.7 Å². The van der Waals surface area contributed by atoms with E-state index < -0.39 is 18.1 Å². The van der Waals surface area contributed by atoms with Gasteiger partial charge in [0.1, 0.15) is 12.1 Å². The molecule has 3 aromatic rings. The lowest BCUT2D eigenvalue weighted by Crippen LogP contribution is -2.60. The van der Waals surface area contributed by atoms with Gasteiger partial charge in [0.05, 0.1) is 18.5 Å². The van der Waals surface area contributed by atoms with Crippen molar-refractivity contribution in [1.82, 2.24) is 25.8 Å². The van der Waals surface area contributed by atoms with Crippen molar-refractivity contribution in [2.45, 2.75) is 69.2 Å². The number of likely N-dealkylation sites (N-methyl/N-ethyl adjacent to an activating group) is 1. The minimum atomic E-state index is -0.985. The van der Waals surface area contributed by atoms with E-state index in [2.05, 4.69) is 16.0 Å². The normalized spacial score (nSPS) is 20.9. The molecule has 2 saturated heterocycles. The molecule has 3 aromatic carbocycles. The Morgan fingerprint density at radius 1 is 0.844 bits per heavy atom. The van der Waals surface area contributed by atoms with E-state index in [-0.39, 0.29) is 48.7 Å². The standard InChI is InChI=1S/C36H43N5O4/c1-25(37-2)34(43)38-30-24-40(32(42)23-26-13-6-3-7-14-26)22-12-19-29-20-21-31(41(29)36(30)45)35(44)39-33(27-15-8-4-9-16-27)28-17-10-5-11-18-28/h3-11,13-18,25,29-31,33,37H,12,19-24H2,1-2H3,(H,38,43)(H,39,44). The van der Waals surface area contributed by atoms with Gasteiger partial charge in [-0.3, -0.25) is 19.2 Å². The molecule has 9 nitrogen and oxygen atoms in total. The molecule has 4 amide bonds. The monoisotopic (exact) mass is 609 g/mol. The summed E-state index contributed by atoms with van der Waals surface area (Å²) in [7, 11) is 1.68. The van der Waals surface area contributed by atoms with Gasteiger partial charge in [0.15, 0.2) is 0 Å². The number of fused-ring (bicyclic) bond motifs is 1. The van der Waals surface area contributed by atoms with Crippen LogP contribution in [0.15, 0.2) is 91.0 Å². The first-order chi connectivity index (χ1) is 21.9. The summed E-state index contributed by atoms with van der Waals surface area (Å²) in [4.78, 5) is 58.5. The third kappa shape index (κ3) is 7.78. The van der Waals surface area contributed by atoms with E-state index in [9.17, 15) is 19.2 Å². The van der Waals surface area contributed by atoms with Crippen molar-refractivity contribution in [1.29, 1.82) is 0 Å². The second-order valence-corrected chi connectivity index (χ2v) is 12.0. The molecule has 2 fully saturated rings. The molecule has 0 spiro atoms. The minimum absolute atomic E-state index is 0.0425. The number of amides is 4. The van der Waals surface area contributed by atoms with Crippen molar-refractivity contribution in [3.63, 3.8) is 0 Å². The zero-order valence-corrected chi connectivity index (χ0v) is 26.0. The van der Waals surface area contributed by atoms with Gasteiger partial charge in [0, 0.05) is 19.1 Å². The number of benzene rings is 3. The van der Waals surface area contributed by atoms with Crippen LogP contribution in [0.1, 0.15) is 55.3 Å². The Hall–Kier alpha value is -4.50. The van der Waals surface area contributed by atoms with E-state index in [1.54, 1.807) is 23.8 Å². The summed E-state index contributed by atoms with van der Waals surface area (Å²) in [6, 6.07) is 26.3. The van der Waals surface area contributed by atoms with Crippen LogP contribution in [0.5, 0.6) is 0 Å². The summed E-state index contributed by atoms with van der Waals surface area (Å²) in [6.45, 7) is 2.23. The molecule has 0 bridgehead atoms. The number of carbonyl (C=O) groups is 4. The molecule has 45 heavy (non-hydrogen) atoms. The number of rotatable bonds is 9. The van der Waals surface area contributed by atoms with Crippen LogP contribution in [0.3, 0.4) is 0 Å². The lowest BCUT2D eigenvalue weighted by molar-refractivity contribution is -0.144. The maximum Gasteiger partial charge on any atom is 0.247 e. The maximum atomic E-state index is 14.4. The van der Waals surface area contributed by atoms with Crippen LogP contribution in [0, 0.1) is 0 Å². The molecule has 2 heterocycles. The molecule has 0 saturated carbocycles. The van der Waals surface area contributed by atoms with E-state index in [4.69, 9.17) is 0 Å². The molecule has 0 radical (unpaired) electrons. The molecule has 3 N–H and O–H groups in total. The summed E-state index contributed by atoms with van der Waals surface area (Å²) in [5.74, 6) is -0.992. The second-order valence-electron chi connectivity index (χ2n) is 12.0. The van der Waals surface area contributed by atoms with Crippen LogP contribution in [-0.4, -0.2) is 77.7 Å². The molecule has 0 aromatic heterocycles. The molecular weight excluding hydrogens is 566 g/mol. The molecule has 236 valence electrons. The summed E-state index contributed by atoms with van der Waals surface area (Å²) < 4.78 is 0. The third-order valence-electron chi connectivity index (χ3n) is 8.97. The van der Waals surface area contributed by atoms with Crippen LogP contribution in [0.25, 0.3) is 0 Å². The maximum absolute atomic E-state index is 14.4. The molecule has 0 aliphatic carbocycles. The van der Waals surface area contributed by atoms with Crippen LogP contribution in [0.2, 0.25) is 0 Å². The van der Waals surface area contributed by atoms with Gasteiger partial charge >= 0.3 is 0 Å². The largest absolute Gasteiger partial charge is 0.343 e. The van der Waals surface area contributed by atoms with Crippen molar-refractivity contribution in [3.05, 3.63) is 108 Å². The number of nitrogens with zero attached hydrogens (tertiary/aromatic N) is 2. The van der Waals surface area contributed by atoms with Crippen LogP contribution in [-0.2, 0) is 25.6 Å². The van der Waals surface area contributed by atoms with Gasteiger partial charge < -0.3 is 25.8 Å². The molecule has 2 aliphatic heterocycles. The zero-order chi connectivity index (χ0) is 31.8. The first kappa shape index (κ1) is 31.9. The first-order valence-electron chi connectivity index (χ1n) is 15.9. The van der Waals surface area contributed by atoms with E-state index >= 15 is 0 Å². The topological polar surface area (TPSA) is 111 Å². The number of hydrogen-bond acceptors (Lipinski definition) is 5. The molecule has 2 aliphatic rings. The lowest BCUT2D eigenvalue weighted by atomic mass is 9.98. The highest BCUT2D eigenvalue weighted by Crippen LogP contribution is 2.31. The third-order valence-corrected chi connectivity index (χ3v) is 8.97. The molecular formula is C36H43N5O4. The minimum Gasteiger partial charge on any atom is -0.343 e. The van der Waals surface area contributed by atoms with Gasteiger partial charge in [0.25, 0.3) is 0 Å². The van der Waals surface area contributed by atoms with Gasteiger partial charge in [0.2, 0.25) is 23.6 Å².